The Kier molecular flexibility index (Phi) is 2.10. The lowest BCUT2D eigenvalue weighted by molar-refractivity contribution is 0.357. The molecule has 2 N–H and O–H groups in total. The molecule has 0 saturated carbocycles. The van der Waals surface area contributed by atoms with E-state index in [9.17, 15) is 4.55 Å². The van der Waals surface area contributed by atoms with Crippen molar-refractivity contribution in [3.8, 4) is 0 Å². The summed E-state index contributed by atoms with van der Waals surface area (Å²) in [5.41, 5.74) is 0. The Hall–Kier alpha value is -0.520. The molecule has 0 aliphatic heterocycles. The van der Waals surface area contributed by atoms with Gasteiger partial charge in [0.05, 0.1) is 11.2 Å². The fourth-order valence-corrected chi connectivity index (χ4v) is 0.937. The van der Waals surface area contributed by atoms with Crippen molar-refractivity contribution in [1.29, 1.82) is 0 Å². The number of aliphatic hydroxyl groups is 1. The molecule has 0 aliphatic rings. The van der Waals surface area contributed by atoms with Crippen LogP contribution in [0.25, 0.3) is 0 Å². The standard InChI is InChI=1S/C4H6N2O2S/c7-3-9(8)4-5-1-2-6-4/h1-2,7H,3H2,(H,5,6). The van der Waals surface area contributed by atoms with E-state index in [0.29, 0.717) is 5.16 Å². The van der Waals surface area contributed by atoms with Crippen molar-refractivity contribution >= 4 is 11.2 Å². The maximum absolute atomic E-state index is 10.6. The zero-order valence-corrected chi connectivity index (χ0v) is 5.39. The number of aromatic nitrogens is 2. The summed E-state index contributed by atoms with van der Waals surface area (Å²) in [5, 5.41) is 8.66. The van der Waals surface area contributed by atoms with Crippen LogP contribution in [0.4, 0.5) is 0 Å². The minimum Gasteiger partial charge on any atom is -0.607 e. The van der Waals surface area contributed by atoms with E-state index in [1.807, 2.05) is 0 Å². The lowest BCUT2D eigenvalue weighted by Gasteiger charge is -1.99. The molecular formula is C4H6N2O2S. The number of aliphatic hydroxyl groups excluding tert-OH is 1. The number of hydrogen-bond acceptors (Lipinski definition) is 3. The van der Waals surface area contributed by atoms with Gasteiger partial charge in [0.15, 0.2) is 0 Å². The minimum atomic E-state index is -1.37. The third-order valence-corrected chi connectivity index (χ3v) is 1.70. The molecule has 1 unspecified atom stereocenters. The summed E-state index contributed by atoms with van der Waals surface area (Å²) in [5.74, 6) is -0.381. The Morgan fingerprint density at radius 1 is 1.89 bits per heavy atom. The molecule has 0 bridgehead atoms. The fourth-order valence-electron chi connectivity index (χ4n) is 0.436. The topological polar surface area (TPSA) is 72.0 Å². The van der Waals surface area contributed by atoms with Gasteiger partial charge in [-0.2, -0.15) is 4.98 Å². The van der Waals surface area contributed by atoms with Gasteiger partial charge in [-0.3, -0.25) is 0 Å². The van der Waals surface area contributed by atoms with Crippen molar-refractivity contribution in [2.24, 2.45) is 0 Å². The van der Waals surface area contributed by atoms with Crippen molar-refractivity contribution in [1.82, 2.24) is 9.97 Å². The van der Waals surface area contributed by atoms with E-state index in [4.69, 9.17) is 5.11 Å². The van der Waals surface area contributed by atoms with E-state index in [2.05, 4.69) is 9.97 Å². The highest BCUT2D eigenvalue weighted by molar-refractivity contribution is 7.91. The predicted octanol–water partition coefficient (Wildman–Crippen LogP) is -0.533. The molecule has 1 aromatic heterocycles. The number of aromatic amines is 1. The number of H-pyrrole nitrogens is 1. The summed E-state index contributed by atoms with van der Waals surface area (Å²) in [6, 6.07) is 0. The Morgan fingerprint density at radius 2 is 2.67 bits per heavy atom. The Balaban J connectivity index is 2.65. The van der Waals surface area contributed by atoms with Gasteiger partial charge >= 0.3 is 5.16 Å². The van der Waals surface area contributed by atoms with Crippen LogP contribution in [0.5, 0.6) is 0 Å². The third kappa shape index (κ3) is 1.44. The van der Waals surface area contributed by atoms with Crippen LogP contribution < -0.4 is 0 Å². The zero-order chi connectivity index (χ0) is 6.69. The lowest BCUT2D eigenvalue weighted by atomic mass is 11.0. The molecule has 0 aromatic carbocycles. The Labute approximate surface area is 55.1 Å². The maximum Gasteiger partial charge on any atom is 0.322 e. The molecule has 0 spiro atoms. The second kappa shape index (κ2) is 2.86. The number of imidazole rings is 1. The van der Waals surface area contributed by atoms with Gasteiger partial charge in [0.1, 0.15) is 0 Å². The fraction of sp³-hybridized carbons (Fsp3) is 0.250. The van der Waals surface area contributed by atoms with Crippen LogP contribution in [0.1, 0.15) is 0 Å². The van der Waals surface area contributed by atoms with Gasteiger partial charge in [0.2, 0.25) is 5.94 Å². The molecule has 0 saturated heterocycles. The van der Waals surface area contributed by atoms with Gasteiger partial charge in [0, 0.05) is 12.4 Å². The third-order valence-electron chi connectivity index (χ3n) is 0.806. The minimum absolute atomic E-state index is 0.317. The van der Waals surface area contributed by atoms with E-state index >= 15 is 0 Å². The van der Waals surface area contributed by atoms with Crippen LogP contribution >= 0.6 is 0 Å². The highest BCUT2D eigenvalue weighted by Crippen LogP contribution is 2.00. The van der Waals surface area contributed by atoms with E-state index in [1.54, 1.807) is 6.20 Å². The van der Waals surface area contributed by atoms with E-state index in [1.165, 1.54) is 6.20 Å². The summed E-state index contributed by atoms with van der Waals surface area (Å²) in [6.45, 7) is 0. The molecule has 1 rings (SSSR count). The summed E-state index contributed by atoms with van der Waals surface area (Å²) >= 11 is -1.37. The second-order valence-corrected chi connectivity index (χ2v) is 2.70. The smallest absolute Gasteiger partial charge is 0.322 e. The van der Waals surface area contributed by atoms with Crippen LogP contribution in [0.3, 0.4) is 0 Å². The van der Waals surface area contributed by atoms with Gasteiger partial charge < -0.3 is 14.6 Å². The summed E-state index contributed by atoms with van der Waals surface area (Å²) < 4.78 is 10.6. The van der Waals surface area contributed by atoms with E-state index in [0.717, 1.165) is 0 Å². The summed E-state index contributed by atoms with van der Waals surface area (Å²) in [4.78, 5) is 6.29. The number of rotatable bonds is 2. The quantitative estimate of drug-likeness (QED) is 0.551. The van der Waals surface area contributed by atoms with Gasteiger partial charge in [-0.15, -0.1) is 0 Å². The number of nitrogens with one attached hydrogen (secondary N) is 1. The maximum atomic E-state index is 10.6. The number of nitrogens with zero attached hydrogens (tertiary/aromatic N) is 1. The first kappa shape index (κ1) is 6.60. The zero-order valence-electron chi connectivity index (χ0n) is 4.57. The first-order valence-electron chi connectivity index (χ1n) is 2.33. The molecule has 1 heterocycles. The van der Waals surface area contributed by atoms with Crippen LogP contribution in [-0.4, -0.2) is 25.6 Å². The van der Waals surface area contributed by atoms with Gasteiger partial charge in [-0.25, -0.2) is 0 Å². The highest BCUT2D eigenvalue weighted by Gasteiger charge is 2.09. The van der Waals surface area contributed by atoms with Crippen LogP contribution in [0.15, 0.2) is 17.6 Å². The first-order valence-corrected chi connectivity index (χ1v) is 3.65. The van der Waals surface area contributed by atoms with Crippen molar-refractivity contribution < 1.29 is 9.66 Å². The molecule has 50 valence electrons. The molecule has 9 heavy (non-hydrogen) atoms. The largest absolute Gasteiger partial charge is 0.607 e. The molecule has 0 aliphatic carbocycles. The summed E-state index contributed by atoms with van der Waals surface area (Å²) in [6.07, 6.45) is 3.05. The molecule has 1 aromatic rings. The van der Waals surface area contributed by atoms with Crippen LogP contribution in [0, 0.1) is 0 Å². The monoisotopic (exact) mass is 146 g/mol. The molecule has 1 atom stereocenters. The molecular weight excluding hydrogens is 140 g/mol. The molecule has 0 fully saturated rings. The normalized spacial score (nSPS) is 13.6. The number of hydrogen-bond donors (Lipinski definition) is 2. The second-order valence-electron chi connectivity index (χ2n) is 1.37. The van der Waals surface area contributed by atoms with Crippen LogP contribution in [0.2, 0.25) is 0 Å². The molecule has 4 nitrogen and oxygen atoms in total. The Bertz CT molecular complexity index is 165. The first-order chi connectivity index (χ1) is 4.34. The van der Waals surface area contributed by atoms with E-state index < -0.39 is 11.2 Å². The SMILES string of the molecule is [O-][S+](CO)c1ncc[nH]1. The predicted molar refractivity (Wildman–Crippen MR) is 32.1 cm³/mol. The molecule has 0 radical (unpaired) electrons. The summed E-state index contributed by atoms with van der Waals surface area (Å²) in [7, 11) is 0. The Morgan fingerprint density at radius 3 is 3.11 bits per heavy atom. The van der Waals surface area contributed by atoms with Gasteiger partial charge in [-0.05, 0) is 0 Å². The average Bonchev–Trinajstić information content (AvgIpc) is 2.37. The average molecular weight is 146 g/mol. The van der Waals surface area contributed by atoms with Crippen molar-refractivity contribution in [3.63, 3.8) is 0 Å². The molecule has 0 amide bonds. The molecule has 5 heteroatoms. The van der Waals surface area contributed by atoms with E-state index in [-0.39, 0.29) is 5.94 Å². The van der Waals surface area contributed by atoms with Crippen molar-refractivity contribution in [2.45, 2.75) is 5.16 Å². The van der Waals surface area contributed by atoms with Gasteiger partial charge in [0.25, 0.3) is 0 Å². The highest BCUT2D eigenvalue weighted by atomic mass is 32.2. The van der Waals surface area contributed by atoms with Gasteiger partial charge in [-0.1, -0.05) is 0 Å². The van der Waals surface area contributed by atoms with Crippen molar-refractivity contribution in [2.75, 3.05) is 5.94 Å². The lowest BCUT2D eigenvalue weighted by Crippen LogP contribution is -2.07. The van der Waals surface area contributed by atoms with Crippen molar-refractivity contribution in [3.05, 3.63) is 12.4 Å². The van der Waals surface area contributed by atoms with Crippen LogP contribution in [-0.2, 0) is 11.2 Å².